The number of rotatable bonds is 2. The van der Waals surface area contributed by atoms with Crippen molar-refractivity contribution in [2.45, 2.75) is 32.7 Å². The molecule has 1 aliphatic rings. The van der Waals surface area contributed by atoms with E-state index in [4.69, 9.17) is 11.6 Å². The van der Waals surface area contributed by atoms with Crippen molar-refractivity contribution in [2.24, 2.45) is 0 Å². The fraction of sp³-hybridized carbons (Fsp3) is 0.316. The van der Waals surface area contributed by atoms with Crippen LogP contribution in [-0.2, 0) is 0 Å². The Balaban J connectivity index is 1.80. The van der Waals surface area contributed by atoms with Crippen LogP contribution in [0.25, 0.3) is 0 Å². The predicted octanol–water partition coefficient (Wildman–Crippen LogP) is 5.33. The summed E-state index contributed by atoms with van der Waals surface area (Å²) in [6.07, 6.45) is 2.03. The Kier molecular flexibility index (Phi) is 4.58. The van der Waals surface area contributed by atoms with E-state index in [1.807, 2.05) is 30.0 Å². The van der Waals surface area contributed by atoms with Crippen molar-refractivity contribution in [3.05, 3.63) is 64.2 Å². The molecule has 0 spiro atoms. The smallest absolute Gasteiger partial charge is 0.317 e. The number of nitrogens with one attached hydrogen (secondary N) is 1. The second-order valence-corrected chi connectivity index (χ2v) is 6.52. The summed E-state index contributed by atoms with van der Waals surface area (Å²) in [5.74, 6) is 0. The van der Waals surface area contributed by atoms with Crippen LogP contribution in [0.2, 0.25) is 5.02 Å². The molecule has 0 aromatic heterocycles. The third-order valence-corrected chi connectivity index (χ3v) is 4.86. The summed E-state index contributed by atoms with van der Waals surface area (Å²) in [5.41, 5.74) is 4.10. The zero-order chi connectivity index (χ0) is 16.4. The highest BCUT2D eigenvalue weighted by molar-refractivity contribution is 6.31. The first-order valence-corrected chi connectivity index (χ1v) is 8.33. The summed E-state index contributed by atoms with van der Waals surface area (Å²) in [7, 11) is 0. The lowest BCUT2D eigenvalue weighted by atomic mass is 10.0. The van der Waals surface area contributed by atoms with Crippen LogP contribution in [0.4, 0.5) is 10.5 Å². The molecule has 1 aliphatic heterocycles. The molecule has 1 atom stereocenters. The molecule has 23 heavy (non-hydrogen) atoms. The monoisotopic (exact) mass is 328 g/mol. The fourth-order valence-corrected chi connectivity index (χ4v) is 3.34. The summed E-state index contributed by atoms with van der Waals surface area (Å²) >= 11 is 6.13. The maximum Gasteiger partial charge on any atom is 0.322 e. The van der Waals surface area contributed by atoms with Crippen LogP contribution < -0.4 is 5.32 Å². The molecule has 0 radical (unpaired) electrons. The molecule has 2 aromatic carbocycles. The molecule has 1 unspecified atom stereocenters. The van der Waals surface area contributed by atoms with Crippen molar-refractivity contribution in [3.8, 4) is 0 Å². The SMILES string of the molecule is Cc1cccc(C2CCCN2C(=O)Nc2cccc(Cl)c2C)c1. The Morgan fingerprint density at radius 3 is 2.78 bits per heavy atom. The molecule has 3 rings (SSSR count). The van der Waals surface area contributed by atoms with Crippen molar-refractivity contribution >= 4 is 23.3 Å². The van der Waals surface area contributed by atoms with E-state index >= 15 is 0 Å². The van der Waals surface area contributed by atoms with Gasteiger partial charge in [0.1, 0.15) is 0 Å². The van der Waals surface area contributed by atoms with Gasteiger partial charge < -0.3 is 10.2 Å². The first-order valence-electron chi connectivity index (χ1n) is 7.95. The van der Waals surface area contributed by atoms with Crippen molar-refractivity contribution in [3.63, 3.8) is 0 Å². The third-order valence-electron chi connectivity index (χ3n) is 4.45. The van der Waals surface area contributed by atoms with Crippen molar-refractivity contribution in [1.82, 2.24) is 4.90 Å². The molecule has 2 aromatic rings. The highest BCUT2D eigenvalue weighted by Gasteiger charge is 2.30. The summed E-state index contributed by atoms with van der Waals surface area (Å²) in [6, 6.07) is 14.1. The Morgan fingerprint density at radius 2 is 2.00 bits per heavy atom. The van der Waals surface area contributed by atoms with Gasteiger partial charge in [0.05, 0.1) is 6.04 Å². The van der Waals surface area contributed by atoms with E-state index < -0.39 is 0 Å². The number of hydrogen-bond donors (Lipinski definition) is 1. The maximum atomic E-state index is 12.7. The number of carbonyl (C=O) groups excluding carboxylic acids is 1. The van der Waals surface area contributed by atoms with Crippen LogP contribution in [0, 0.1) is 13.8 Å². The molecular weight excluding hydrogens is 308 g/mol. The van der Waals surface area contributed by atoms with E-state index in [9.17, 15) is 4.79 Å². The van der Waals surface area contributed by atoms with E-state index in [0.717, 1.165) is 30.6 Å². The van der Waals surface area contributed by atoms with Gasteiger partial charge in [-0.1, -0.05) is 47.5 Å². The zero-order valence-electron chi connectivity index (χ0n) is 13.5. The molecule has 0 aliphatic carbocycles. The Labute approximate surface area is 142 Å². The molecule has 2 amide bonds. The molecule has 120 valence electrons. The van der Waals surface area contributed by atoms with E-state index in [0.29, 0.717) is 5.02 Å². The largest absolute Gasteiger partial charge is 0.322 e. The number of carbonyl (C=O) groups is 1. The average Bonchev–Trinajstić information content (AvgIpc) is 3.01. The maximum absolute atomic E-state index is 12.7. The van der Waals surface area contributed by atoms with Gasteiger partial charge >= 0.3 is 6.03 Å². The molecule has 4 heteroatoms. The van der Waals surface area contributed by atoms with Crippen LogP contribution in [0.15, 0.2) is 42.5 Å². The Bertz CT molecular complexity index is 729. The number of urea groups is 1. The minimum absolute atomic E-state index is 0.0561. The van der Waals surface area contributed by atoms with Crippen LogP contribution in [0.1, 0.15) is 35.6 Å². The molecule has 1 saturated heterocycles. The molecule has 0 saturated carbocycles. The van der Waals surface area contributed by atoms with E-state index in [2.05, 4.69) is 36.5 Å². The number of nitrogens with zero attached hydrogens (tertiary/aromatic N) is 1. The first-order chi connectivity index (χ1) is 11.1. The standard InChI is InChI=1S/C19H21ClN2O/c1-13-6-3-7-15(12-13)18-10-5-11-22(18)19(23)21-17-9-4-8-16(20)14(17)2/h3-4,6-9,12,18H,5,10-11H2,1-2H3,(H,21,23). The topological polar surface area (TPSA) is 32.3 Å². The summed E-state index contributed by atoms with van der Waals surface area (Å²) in [6.45, 7) is 4.78. The van der Waals surface area contributed by atoms with Crippen LogP contribution >= 0.6 is 11.6 Å². The van der Waals surface area contributed by atoms with Gasteiger partial charge in [-0.3, -0.25) is 0 Å². The van der Waals surface area contributed by atoms with Gasteiger partial charge in [-0.25, -0.2) is 4.79 Å². The van der Waals surface area contributed by atoms with Gasteiger partial charge in [0.25, 0.3) is 0 Å². The van der Waals surface area contributed by atoms with Gasteiger partial charge in [0.15, 0.2) is 0 Å². The second-order valence-electron chi connectivity index (χ2n) is 6.11. The number of amides is 2. The summed E-state index contributed by atoms with van der Waals surface area (Å²) in [5, 5.41) is 3.68. The molecule has 1 N–H and O–H groups in total. The van der Waals surface area contributed by atoms with E-state index in [-0.39, 0.29) is 12.1 Å². The highest BCUT2D eigenvalue weighted by Crippen LogP contribution is 2.33. The van der Waals surface area contributed by atoms with Gasteiger partial charge in [0.2, 0.25) is 0 Å². The fourth-order valence-electron chi connectivity index (χ4n) is 3.16. The first kappa shape index (κ1) is 15.9. The summed E-state index contributed by atoms with van der Waals surface area (Å²) in [4.78, 5) is 14.6. The van der Waals surface area contributed by atoms with Crippen molar-refractivity contribution in [1.29, 1.82) is 0 Å². The predicted molar refractivity (Wildman–Crippen MR) is 95.1 cm³/mol. The Hall–Kier alpha value is -2.00. The van der Waals surface area contributed by atoms with Gasteiger partial charge in [-0.15, -0.1) is 0 Å². The van der Waals surface area contributed by atoms with Crippen LogP contribution in [-0.4, -0.2) is 17.5 Å². The second kappa shape index (κ2) is 6.63. The van der Waals surface area contributed by atoms with Crippen LogP contribution in [0.5, 0.6) is 0 Å². The molecule has 3 nitrogen and oxygen atoms in total. The number of likely N-dealkylation sites (tertiary alicyclic amines) is 1. The normalized spacial score (nSPS) is 17.3. The Morgan fingerprint density at radius 1 is 1.22 bits per heavy atom. The van der Waals surface area contributed by atoms with Crippen molar-refractivity contribution in [2.75, 3.05) is 11.9 Å². The van der Waals surface area contributed by atoms with Gasteiger partial charge in [-0.05, 0) is 49.9 Å². The zero-order valence-corrected chi connectivity index (χ0v) is 14.2. The lowest BCUT2D eigenvalue weighted by Crippen LogP contribution is -2.34. The minimum atomic E-state index is -0.0561. The molecule has 1 fully saturated rings. The van der Waals surface area contributed by atoms with E-state index in [1.54, 1.807) is 0 Å². The third kappa shape index (κ3) is 3.35. The quantitative estimate of drug-likeness (QED) is 0.794. The number of halogens is 1. The lowest BCUT2D eigenvalue weighted by molar-refractivity contribution is 0.207. The van der Waals surface area contributed by atoms with Gasteiger partial charge in [0, 0.05) is 17.3 Å². The lowest BCUT2D eigenvalue weighted by Gasteiger charge is -2.26. The number of benzene rings is 2. The molecule has 1 heterocycles. The van der Waals surface area contributed by atoms with Crippen molar-refractivity contribution < 1.29 is 4.79 Å². The summed E-state index contributed by atoms with van der Waals surface area (Å²) < 4.78 is 0. The van der Waals surface area contributed by atoms with Gasteiger partial charge in [-0.2, -0.15) is 0 Å². The minimum Gasteiger partial charge on any atom is -0.317 e. The number of anilines is 1. The average molecular weight is 329 g/mol. The van der Waals surface area contributed by atoms with Crippen LogP contribution in [0.3, 0.4) is 0 Å². The molecular formula is C19H21ClN2O. The number of aryl methyl sites for hydroxylation is 1. The highest BCUT2D eigenvalue weighted by atomic mass is 35.5. The van der Waals surface area contributed by atoms with E-state index in [1.165, 1.54) is 11.1 Å². The number of hydrogen-bond acceptors (Lipinski definition) is 1. The molecule has 0 bridgehead atoms.